The van der Waals surface area contributed by atoms with Crippen LogP contribution < -0.4 is 0 Å². The average molecular weight is 1070 g/mol. The molecule has 7 heteroatoms. The zero-order valence-electron chi connectivity index (χ0n) is 40.0. The normalized spacial score (nSPS) is 12.1. The van der Waals surface area contributed by atoms with Crippen LogP contribution in [0, 0.1) is 12.6 Å². The van der Waals surface area contributed by atoms with E-state index < -0.39 is 0 Å². The van der Waals surface area contributed by atoms with Gasteiger partial charge >= 0.3 is 0 Å². The van der Waals surface area contributed by atoms with Crippen LogP contribution in [0.25, 0.3) is 94.0 Å². The first-order valence-corrected chi connectivity index (χ1v) is 23.0. The fraction of sp³-hybridized carbons (Fsp3) is 0.197. The van der Waals surface area contributed by atoms with Gasteiger partial charge in [0, 0.05) is 60.7 Å². The molecule has 0 spiro atoms. The van der Waals surface area contributed by atoms with Crippen molar-refractivity contribution in [2.45, 2.75) is 78.6 Å². The third-order valence-electron chi connectivity index (χ3n) is 13.0. The van der Waals surface area contributed by atoms with Crippen molar-refractivity contribution in [2.75, 3.05) is 0 Å². The van der Waals surface area contributed by atoms with Gasteiger partial charge in [-0.1, -0.05) is 152 Å². The molecule has 7 aromatic carbocycles. The van der Waals surface area contributed by atoms with Crippen molar-refractivity contribution in [3.63, 3.8) is 0 Å². The number of aromatic nitrogens is 4. The summed E-state index contributed by atoms with van der Waals surface area (Å²) in [6.07, 6.45) is 1.90. The molecule has 0 aliphatic heterocycles. The fourth-order valence-corrected chi connectivity index (χ4v) is 9.19. The van der Waals surface area contributed by atoms with Crippen molar-refractivity contribution in [2.24, 2.45) is 0 Å². The van der Waals surface area contributed by atoms with Crippen molar-refractivity contribution in [1.29, 1.82) is 0 Å². The maximum atomic E-state index is 11.5. The van der Waals surface area contributed by atoms with E-state index in [1.807, 2.05) is 6.20 Å². The average Bonchev–Trinajstić information content (AvgIpc) is 3.87. The van der Waals surface area contributed by atoms with E-state index in [0.29, 0.717) is 17.1 Å². The summed E-state index contributed by atoms with van der Waals surface area (Å²) in [5.41, 5.74) is 15.7. The number of hydrogen-bond donors (Lipinski definition) is 1. The quantitative estimate of drug-likeness (QED) is 0.169. The predicted molar refractivity (Wildman–Crippen MR) is 278 cm³/mol. The smallest absolute Gasteiger partial charge is 0.188 e. The van der Waals surface area contributed by atoms with Crippen molar-refractivity contribution in [3.8, 4) is 62.0 Å². The molecule has 0 unspecified atom stereocenters. The van der Waals surface area contributed by atoms with Gasteiger partial charge in [0.2, 0.25) is 0 Å². The molecular weight excluding hydrogens is 1010 g/mol. The Morgan fingerprint density at radius 2 is 1.16 bits per heavy atom. The van der Waals surface area contributed by atoms with Crippen LogP contribution in [0.5, 0.6) is 5.75 Å². The van der Waals surface area contributed by atoms with E-state index in [1.54, 1.807) is 18.2 Å². The Balaban J connectivity index is 0.00000578. The monoisotopic (exact) mass is 1070 g/mol. The molecule has 340 valence electrons. The summed E-state index contributed by atoms with van der Waals surface area (Å²) < 4.78 is 4.50. The third kappa shape index (κ3) is 8.35. The molecule has 68 heavy (non-hydrogen) atoms. The number of phenols is 1. The van der Waals surface area contributed by atoms with Crippen molar-refractivity contribution >= 4 is 38.5 Å². The van der Waals surface area contributed by atoms with Gasteiger partial charge in [-0.3, -0.25) is 9.55 Å². The number of aromatic hydroxyl groups is 1. The number of phenolic OH excluding ortho intramolecular Hbond substituents is 1. The Labute approximate surface area is 414 Å². The molecule has 0 amide bonds. The number of fused-ring (bicyclic) bond motifs is 4. The van der Waals surface area contributed by atoms with E-state index in [9.17, 15) is 5.11 Å². The Morgan fingerprint density at radius 3 is 1.87 bits per heavy atom. The van der Waals surface area contributed by atoms with Crippen LogP contribution in [0.15, 0.2) is 158 Å². The second-order valence-electron chi connectivity index (χ2n) is 20.8. The number of hydrogen-bond acceptors (Lipinski definition) is 3. The first kappa shape index (κ1) is 46.1. The Morgan fingerprint density at radius 1 is 0.529 bits per heavy atom. The van der Waals surface area contributed by atoms with Crippen LogP contribution in [0.2, 0.25) is 0 Å². The zero-order valence-corrected chi connectivity index (χ0v) is 42.3. The first-order chi connectivity index (χ1) is 32.0. The number of benzene rings is 7. The van der Waals surface area contributed by atoms with E-state index in [1.165, 1.54) is 27.4 Å². The van der Waals surface area contributed by atoms with Crippen LogP contribution in [-0.4, -0.2) is 24.2 Å². The second kappa shape index (κ2) is 17.2. The van der Waals surface area contributed by atoms with Crippen molar-refractivity contribution in [1.82, 2.24) is 19.1 Å². The molecule has 0 aliphatic carbocycles. The van der Waals surface area contributed by atoms with E-state index >= 15 is 0 Å². The van der Waals surface area contributed by atoms with Crippen LogP contribution in [0.4, 0.5) is 5.69 Å². The zero-order chi connectivity index (χ0) is 47.0. The SMILES string of the molecule is [C-]#[N+]c1ccc(O)c(-c2nc3c(-c4[c-]c(-c5cc(-c6ccc7c8ccccc8n(-c8ccccc8)c7c6)ccn5)cc(C(C)(C)C)c4)cccc3n2-c2cc(C(C)(C)C)cc(C(C)(C)C)c2)c1.[Pt]. The summed E-state index contributed by atoms with van der Waals surface area (Å²) in [5.74, 6) is 0.616. The number of pyridine rings is 1. The summed E-state index contributed by atoms with van der Waals surface area (Å²) in [6.45, 7) is 28.0. The van der Waals surface area contributed by atoms with Gasteiger partial charge in [-0.15, -0.1) is 29.3 Å². The number of nitrogens with zero attached hydrogens (tertiary/aromatic N) is 5. The Bertz CT molecular complexity index is 3580. The summed E-state index contributed by atoms with van der Waals surface area (Å²) in [5, 5.41) is 13.9. The van der Waals surface area contributed by atoms with E-state index in [4.69, 9.17) is 16.5 Å². The predicted octanol–water partition coefficient (Wildman–Crippen LogP) is 16.1. The molecule has 0 fully saturated rings. The van der Waals surface area contributed by atoms with Crippen molar-refractivity contribution < 1.29 is 26.2 Å². The summed E-state index contributed by atoms with van der Waals surface area (Å²) in [4.78, 5) is 14.2. The van der Waals surface area contributed by atoms with Crippen LogP contribution >= 0.6 is 0 Å². The molecule has 10 aromatic rings. The van der Waals surface area contributed by atoms with Crippen LogP contribution in [0.3, 0.4) is 0 Å². The number of para-hydroxylation sites is 3. The second-order valence-corrected chi connectivity index (χ2v) is 20.8. The largest absolute Gasteiger partial charge is 0.507 e. The van der Waals surface area contributed by atoms with Crippen LogP contribution in [0.1, 0.15) is 79.0 Å². The number of imidazole rings is 1. The number of rotatable bonds is 6. The maximum Gasteiger partial charge on any atom is 0.188 e. The van der Waals surface area contributed by atoms with Crippen molar-refractivity contribution in [3.05, 3.63) is 192 Å². The minimum atomic E-state index is -0.201. The van der Waals surface area contributed by atoms with Gasteiger partial charge in [-0.05, 0) is 99.2 Å². The molecule has 1 N–H and O–H groups in total. The molecule has 0 saturated carbocycles. The molecule has 0 saturated heterocycles. The summed E-state index contributed by atoms with van der Waals surface area (Å²) in [7, 11) is 0. The van der Waals surface area contributed by atoms with Gasteiger partial charge < -0.3 is 9.67 Å². The molecule has 3 aromatic heterocycles. The van der Waals surface area contributed by atoms with Crippen LogP contribution in [-0.2, 0) is 37.3 Å². The molecule has 0 aliphatic rings. The molecule has 6 nitrogen and oxygen atoms in total. The Kier molecular flexibility index (Phi) is 11.7. The Hall–Kier alpha value is -7.06. The molecule has 0 radical (unpaired) electrons. The third-order valence-corrected chi connectivity index (χ3v) is 13.0. The van der Waals surface area contributed by atoms with Gasteiger partial charge in [0.05, 0.1) is 28.6 Å². The van der Waals surface area contributed by atoms with Gasteiger partial charge in [-0.25, -0.2) is 9.83 Å². The molecule has 3 heterocycles. The molecule has 0 bridgehead atoms. The fourth-order valence-electron chi connectivity index (χ4n) is 9.19. The minimum absolute atomic E-state index is 0. The van der Waals surface area contributed by atoms with E-state index in [-0.39, 0.29) is 43.1 Å². The van der Waals surface area contributed by atoms with Gasteiger partial charge in [-0.2, -0.15) is 0 Å². The summed E-state index contributed by atoms with van der Waals surface area (Å²) >= 11 is 0. The topological polar surface area (TPSA) is 60.2 Å². The standard InChI is InChI=1S/C61H54N5O.Pt/c1-59(2,3)42-30-40(29-41(31-42)52-32-39(27-28-63-52)38-23-25-50-49-19-14-15-21-53(49)65(55(50)33-38)46-17-12-11-13-18-46)48-20-16-22-54-57(48)64-58(51-37-45(62-10)24-26-56(51)67)66(54)47-35-43(60(4,5)6)34-44(36-47)61(7,8)9;/h11-28,30-37,67H,1-9H3;/q-1;. The molecule has 0 atom stereocenters. The van der Waals surface area contributed by atoms with E-state index in [2.05, 4.69) is 216 Å². The maximum absolute atomic E-state index is 11.5. The van der Waals surface area contributed by atoms with Gasteiger partial charge in [0.15, 0.2) is 5.69 Å². The minimum Gasteiger partial charge on any atom is -0.507 e. The molecular formula is C61H54N5OPt-. The summed E-state index contributed by atoms with van der Waals surface area (Å²) in [6, 6.07) is 56.5. The van der Waals surface area contributed by atoms with Gasteiger partial charge in [0.1, 0.15) is 11.6 Å². The van der Waals surface area contributed by atoms with Gasteiger partial charge in [0.25, 0.3) is 0 Å². The first-order valence-electron chi connectivity index (χ1n) is 23.0. The van der Waals surface area contributed by atoms with E-state index in [0.717, 1.165) is 67.0 Å². The molecule has 10 rings (SSSR count).